The van der Waals surface area contributed by atoms with Gasteiger partial charge in [0.2, 0.25) is 5.91 Å². The molecule has 0 radical (unpaired) electrons. The minimum Gasteiger partial charge on any atom is -0.338 e. The molecule has 0 spiro atoms. The van der Waals surface area contributed by atoms with Gasteiger partial charge in [0.05, 0.1) is 0 Å². The molecule has 2 aliphatic rings. The molecule has 1 aromatic rings. The number of piperidine rings is 1. The molecule has 1 saturated heterocycles. The van der Waals surface area contributed by atoms with Crippen LogP contribution in [0.15, 0.2) is 18.2 Å². The van der Waals surface area contributed by atoms with Gasteiger partial charge in [0.1, 0.15) is 11.6 Å². The van der Waals surface area contributed by atoms with E-state index < -0.39 is 11.6 Å². The number of benzene rings is 1. The van der Waals surface area contributed by atoms with Crippen LogP contribution >= 0.6 is 12.4 Å². The van der Waals surface area contributed by atoms with Crippen molar-refractivity contribution in [3.8, 4) is 0 Å². The maximum absolute atomic E-state index is 13.8. The summed E-state index contributed by atoms with van der Waals surface area (Å²) >= 11 is 0. The highest BCUT2D eigenvalue weighted by atomic mass is 35.5. The molecule has 1 aromatic carbocycles. The van der Waals surface area contributed by atoms with Crippen molar-refractivity contribution in [2.24, 2.45) is 11.7 Å². The predicted octanol–water partition coefficient (Wildman–Crippen LogP) is 2.83. The van der Waals surface area contributed by atoms with E-state index in [1.807, 2.05) is 4.90 Å². The highest BCUT2D eigenvalue weighted by Crippen LogP contribution is 2.49. The molecule has 1 aliphatic carbocycles. The first-order valence-electron chi connectivity index (χ1n) is 7.57. The van der Waals surface area contributed by atoms with Crippen molar-refractivity contribution < 1.29 is 13.6 Å². The Bertz CT molecular complexity index is 555. The molecule has 1 aliphatic heterocycles. The molecule has 2 N–H and O–H groups in total. The van der Waals surface area contributed by atoms with Gasteiger partial charge < -0.3 is 10.6 Å². The molecular weight excluding hydrogens is 310 g/mol. The van der Waals surface area contributed by atoms with Gasteiger partial charge in [-0.05, 0) is 43.2 Å². The van der Waals surface area contributed by atoms with Gasteiger partial charge in [0, 0.05) is 31.1 Å². The minimum atomic E-state index is -0.584. The average Bonchev–Trinajstić information content (AvgIpc) is 3.26. The molecule has 2 fully saturated rings. The number of nitrogens with zero attached hydrogens (tertiary/aromatic N) is 1. The summed E-state index contributed by atoms with van der Waals surface area (Å²) < 4.78 is 26.7. The van der Waals surface area contributed by atoms with Gasteiger partial charge in [-0.2, -0.15) is 0 Å². The zero-order valence-electron chi connectivity index (χ0n) is 12.3. The molecule has 6 heteroatoms. The molecule has 3 nitrogen and oxygen atoms in total. The van der Waals surface area contributed by atoms with E-state index in [4.69, 9.17) is 5.73 Å². The van der Waals surface area contributed by atoms with E-state index in [0.29, 0.717) is 18.5 Å². The molecule has 3 atom stereocenters. The molecule has 3 unspecified atom stereocenters. The van der Waals surface area contributed by atoms with Gasteiger partial charge in [-0.15, -0.1) is 12.4 Å². The fraction of sp³-hybridized carbons (Fsp3) is 0.562. The van der Waals surface area contributed by atoms with Gasteiger partial charge in [0.25, 0.3) is 0 Å². The Labute approximate surface area is 135 Å². The first-order chi connectivity index (χ1) is 10.1. The molecule has 0 aromatic heterocycles. The molecule has 122 valence electrons. The second-order valence-corrected chi connectivity index (χ2v) is 6.03. The molecule has 1 heterocycles. The van der Waals surface area contributed by atoms with Crippen LogP contribution in [0.5, 0.6) is 0 Å². The third-order valence-corrected chi connectivity index (χ3v) is 4.65. The SMILES string of the molecule is Cl.NCC1CCCCN1C(=O)C1CC1c1ccc(F)cc1F. The van der Waals surface area contributed by atoms with E-state index in [0.717, 1.165) is 31.9 Å². The monoisotopic (exact) mass is 330 g/mol. The van der Waals surface area contributed by atoms with Crippen molar-refractivity contribution in [2.45, 2.75) is 37.6 Å². The van der Waals surface area contributed by atoms with Gasteiger partial charge in [-0.1, -0.05) is 6.07 Å². The van der Waals surface area contributed by atoms with Crippen molar-refractivity contribution in [3.63, 3.8) is 0 Å². The standard InChI is InChI=1S/C16H20F2N2O.ClH/c17-10-4-5-12(15(18)7-10)13-8-14(13)16(21)20-6-2-1-3-11(20)9-19;/h4-5,7,11,13-14H,1-3,6,8-9,19H2;1H. The van der Waals surface area contributed by atoms with E-state index in [1.54, 1.807) is 0 Å². The molecular formula is C16H21ClF2N2O. The summed E-state index contributed by atoms with van der Waals surface area (Å²) in [6.45, 7) is 1.23. The second kappa shape index (κ2) is 6.92. The number of likely N-dealkylation sites (tertiary alicyclic amines) is 1. The first kappa shape index (κ1) is 17.2. The smallest absolute Gasteiger partial charge is 0.226 e. The first-order valence-corrected chi connectivity index (χ1v) is 7.57. The highest BCUT2D eigenvalue weighted by Gasteiger charge is 2.48. The summed E-state index contributed by atoms with van der Waals surface area (Å²) in [6, 6.07) is 3.71. The van der Waals surface area contributed by atoms with E-state index in [9.17, 15) is 13.6 Å². The average molecular weight is 331 g/mol. The van der Waals surface area contributed by atoms with Crippen LogP contribution in [-0.4, -0.2) is 29.9 Å². The largest absolute Gasteiger partial charge is 0.338 e. The fourth-order valence-corrected chi connectivity index (χ4v) is 3.36. The Hall–Kier alpha value is -1.20. The van der Waals surface area contributed by atoms with Crippen molar-refractivity contribution in [2.75, 3.05) is 13.1 Å². The van der Waals surface area contributed by atoms with Gasteiger partial charge >= 0.3 is 0 Å². The number of carbonyl (C=O) groups is 1. The molecule has 1 amide bonds. The lowest BCUT2D eigenvalue weighted by atomic mass is 10.0. The minimum absolute atomic E-state index is 0. The second-order valence-electron chi connectivity index (χ2n) is 6.03. The number of amides is 1. The Morgan fingerprint density at radius 1 is 1.32 bits per heavy atom. The lowest BCUT2D eigenvalue weighted by Gasteiger charge is -2.35. The fourth-order valence-electron chi connectivity index (χ4n) is 3.36. The van der Waals surface area contributed by atoms with Crippen LogP contribution in [0.3, 0.4) is 0 Å². The van der Waals surface area contributed by atoms with Gasteiger partial charge in [0.15, 0.2) is 0 Å². The van der Waals surface area contributed by atoms with Crippen molar-refractivity contribution in [3.05, 3.63) is 35.4 Å². The highest BCUT2D eigenvalue weighted by molar-refractivity contribution is 5.85. The number of hydrogen-bond donors (Lipinski definition) is 1. The summed E-state index contributed by atoms with van der Waals surface area (Å²) in [7, 11) is 0. The zero-order chi connectivity index (χ0) is 15.0. The number of carbonyl (C=O) groups excluding carboxylic acids is 1. The Balaban J connectivity index is 0.00000176. The summed E-state index contributed by atoms with van der Waals surface area (Å²) in [5.41, 5.74) is 6.20. The third-order valence-electron chi connectivity index (χ3n) is 4.65. The van der Waals surface area contributed by atoms with Crippen molar-refractivity contribution >= 4 is 18.3 Å². The maximum atomic E-state index is 13.8. The van der Waals surface area contributed by atoms with E-state index >= 15 is 0 Å². The van der Waals surface area contributed by atoms with E-state index in [2.05, 4.69) is 0 Å². The lowest BCUT2D eigenvalue weighted by molar-refractivity contribution is -0.136. The van der Waals surface area contributed by atoms with Crippen LogP contribution in [0.4, 0.5) is 8.78 Å². The van der Waals surface area contributed by atoms with Gasteiger partial charge in [-0.25, -0.2) is 8.78 Å². The van der Waals surface area contributed by atoms with Crippen molar-refractivity contribution in [1.82, 2.24) is 4.90 Å². The zero-order valence-corrected chi connectivity index (χ0v) is 13.1. The maximum Gasteiger partial charge on any atom is 0.226 e. The number of nitrogens with two attached hydrogens (primary N) is 1. The van der Waals surface area contributed by atoms with Crippen LogP contribution in [0.25, 0.3) is 0 Å². The van der Waals surface area contributed by atoms with Crippen LogP contribution in [-0.2, 0) is 4.79 Å². The predicted molar refractivity (Wildman–Crippen MR) is 82.9 cm³/mol. The van der Waals surface area contributed by atoms with Crippen LogP contribution in [0, 0.1) is 17.6 Å². The number of halogens is 3. The summed E-state index contributed by atoms with van der Waals surface area (Å²) in [4.78, 5) is 14.4. The number of rotatable bonds is 3. The normalized spacial score (nSPS) is 27.2. The number of hydrogen-bond acceptors (Lipinski definition) is 2. The Morgan fingerprint density at radius 3 is 2.77 bits per heavy atom. The van der Waals surface area contributed by atoms with Crippen LogP contribution in [0.2, 0.25) is 0 Å². The summed E-state index contributed by atoms with van der Waals surface area (Å²) in [5, 5.41) is 0. The topological polar surface area (TPSA) is 46.3 Å². The van der Waals surface area contributed by atoms with Crippen LogP contribution in [0.1, 0.15) is 37.2 Å². The van der Waals surface area contributed by atoms with Crippen LogP contribution < -0.4 is 5.73 Å². The quantitative estimate of drug-likeness (QED) is 0.926. The molecule has 1 saturated carbocycles. The lowest BCUT2D eigenvalue weighted by Crippen LogP contribution is -2.48. The Morgan fingerprint density at radius 2 is 2.09 bits per heavy atom. The van der Waals surface area contributed by atoms with E-state index in [-0.39, 0.29) is 36.2 Å². The van der Waals surface area contributed by atoms with Crippen molar-refractivity contribution in [1.29, 1.82) is 0 Å². The summed E-state index contributed by atoms with van der Waals surface area (Å²) in [5.74, 6) is -1.34. The molecule has 3 rings (SSSR count). The third kappa shape index (κ3) is 3.25. The molecule has 22 heavy (non-hydrogen) atoms. The molecule has 0 bridgehead atoms. The Kier molecular flexibility index (Phi) is 5.40. The summed E-state index contributed by atoms with van der Waals surface area (Å²) in [6.07, 6.45) is 3.70. The van der Waals surface area contributed by atoms with Gasteiger partial charge in [-0.3, -0.25) is 4.79 Å². The van der Waals surface area contributed by atoms with E-state index in [1.165, 1.54) is 12.1 Å².